The van der Waals surface area contributed by atoms with E-state index in [0.29, 0.717) is 13.2 Å². The Morgan fingerprint density at radius 1 is 0.656 bits per heavy atom. The molecular weight excluding hydrogens is 400 g/mol. The van der Waals surface area contributed by atoms with E-state index in [0.717, 1.165) is 47.0 Å². The molecule has 174 valence electrons. The Hall–Kier alpha value is -2.04. The smallest absolute Gasteiger partial charge is 0.125 e. The van der Waals surface area contributed by atoms with Crippen molar-refractivity contribution in [2.45, 2.75) is 67.6 Å². The minimum absolute atomic E-state index is 0.169. The molecule has 2 heterocycles. The van der Waals surface area contributed by atoms with Gasteiger partial charge in [-0.05, 0) is 85.3 Å². The van der Waals surface area contributed by atoms with Gasteiger partial charge in [-0.25, -0.2) is 0 Å². The second-order valence-corrected chi connectivity index (χ2v) is 11.0. The Labute approximate surface area is 193 Å². The third-order valence-corrected chi connectivity index (χ3v) is 6.81. The maximum absolute atomic E-state index is 6.14. The quantitative estimate of drug-likeness (QED) is 0.458. The van der Waals surface area contributed by atoms with Crippen molar-refractivity contribution in [2.75, 3.05) is 26.4 Å². The largest absolute Gasteiger partial charge is 0.489 e. The summed E-state index contributed by atoms with van der Waals surface area (Å²) in [6, 6.07) is 8.80. The van der Waals surface area contributed by atoms with Gasteiger partial charge in [-0.3, -0.25) is 0 Å². The molecule has 4 rings (SSSR count). The van der Waals surface area contributed by atoms with Gasteiger partial charge in [-0.15, -0.1) is 0 Å². The molecule has 2 atom stereocenters. The van der Waals surface area contributed by atoms with Gasteiger partial charge < -0.3 is 18.9 Å². The van der Waals surface area contributed by atoms with Crippen LogP contribution in [0.5, 0.6) is 11.5 Å². The van der Waals surface area contributed by atoms with Crippen molar-refractivity contribution in [1.29, 1.82) is 0 Å². The zero-order valence-corrected chi connectivity index (χ0v) is 20.9. The second-order valence-electron chi connectivity index (χ2n) is 11.0. The van der Waals surface area contributed by atoms with Crippen molar-refractivity contribution < 1.29 is 18.9 Å². The van der Waals surface area contributed by atoms with E-state index >= 15 is 0 Å². The molecule has 4 heteroatoms. The van der Waals surface area contributed by atoms with Gasteiger partial charge in [0.25, 0.3) is 0 Å². The van der Waals surface area contributed by atoms with E-state index in [1.54, 1.807) is 0 Å². The number of hydrogen-bond donors (Lipinski definition) is 0. The first-order valence-electron chi connectivity index (χ1n) is 11.7. The highest BCUT2D eigenvalue weighted by Gasteiger charge is 2.42. The van der Waals surface area contributed by atoms with E-state index in [-0.39, 0.29) is 23.0 Å². The summed E-state index contributed by atoms with van der Waals surface area (Å²) < 4.78 is 23.9. The van der Waals surface area contributed by atoms with Gasteiger partial charge >= 0.3 is 0 Å². The molecule has 0 aliphatic carbocycles. The summed E-state index contributed by atoms with van der Waals surface area (Å²) in [7, 11) is 0. The van der Waals surface area contributed by atoms with E-state index in [1.807, 2.05) is 0 Å². The van der Waals surface area contributed by atoms with E-state index in [1.165, 1.54) is 11.1 Å². The van der Waals surface area contributed by atoms with Gasteiger partial charge in [0.2, 0.25) is 0 Å². The highest BCUT2D eigenvalue weighted by atomic mass is 16.5. The van der Waals surface area contributed by atoms with Crippen molar-refractivity contribution in [2.24, 2.45) is 10.8 Å². The van der Waals surface area contributed by atoms with Gasteiger partial charge in [-0.1, -0.05) is 27.7 Å². The molecule has 2 fully saturated rings. The lowest BCUT2D eigenvalue weighted by molar-refractivity contribution is -0.172. The first-order chi connectivity index (χ1) is 15.0. The Morgan fingerprint density at radius 3 is 1.19 bits per heavy atom. The molecule has 0 saturated carbocycles. The second kappa shape index (κ2) is 8.39. The summed E-state index contributed by atoms with van der Waals surface area (Å²) in [6.45, 7) is 20.1. The molecule has 2 aliphatic rings. The molecule has 32 heavy (non-hydrogen) atoms. The van der Waals surface area contributed by atoms with Crippen molar-refractivity contribution in [1.82, 2.24) is 0 Å². The van der Waals surface area contributed by atoms with Crippen molar-refractivity contribution in [3.8, 4) is 11.5 Å². The molecule has 0 amide bonds. The number of rotatable bonds is 7. The molecule has 2 aromatic carbocycles. The molecule has 0 spiro atoms. The number of hydrogen-bond acceptors (Lipinski definition) is 4. The van der Waals surface area contributed by atoms with Crippen LogP contribution in [0.15, 0.2) is 24.3 Å². The van der Waals surface area contributed by atoms with E-state index in [9.17, 15) is 0 Å². The lowest BCUT2D eigenvalue weighted by Gasteiger charge is -2.44. The lowest BCUT2D eigenvalue weighted by atomic mass is 9.78. The Morgan fingerprint density at radius 2 is 0.969 bits per heavy atom. The molecule has 0 bridgehead atoms. The van der Waals surface area contributed by atoms with Crippen LogP contribution in [0.4, 0.5) is 0 Å². The Bertz CT molecular complexity index is 877. The zero-order valence-electron chi connectivity index (χ0n) is 20.9. The lowest BCUT2D eigenvalue weighted by Crippen LogP contribution is -2.40. The third kappa shape index (κ3) is 4.27. The first kappa shape index (κ1) is 23.1. The normalized spacial score (nSPS) is 23.2. The molecular formula is C28H38O4. The van der Waals surface area contributed by atoms with E-state index in [2.05, 4.69) is 79.7 Å². The minimum Gasteiger partial charge on any atom is -0.489 e. The summed E-state index contributed by atoms with van der Waals surface area (Å²) in [5.41, 5.74) is 7.45. The molecule has 0 N–H and O–H groups in total. The highest BCUT2D eigenvalue weighted by Crippen LogP contribution is 2.47. The fourth-order valence-corrected chi connectivity index (χ4v) is 5.11. The fourth-order valence-electron chi connectivity index (χ4n) is 5.11. The van der Waals surface area contributed by atoms with Crippen LogP contribution in [0.1, 0.15) is 73.3 Å². The third-order valence-electron chi connectivity index (χ3n) is 6.81. The average Bonchev–Trinajstić information content (AvgIpc) is 2.67. The minimum atomic E-state index is 0.169. The Balaban J connectivity index is 1.36. The van der Waals surface area contributed by atoms with Crippen LogP contribution in [-0.4, -0.2) is 26.4 Å². The predicted octanol–water partition coefficient (Wildman–Crippen LogP) is 6.57. The standard InChI is InChI=1S/C28H38O4/c1-17-11-21(25-27(5,6)15-31-25)12-18(2)23(17)29-9-10-30-24-19(3)13-22(14-20(24)4)26-28(7,8)16-32-26/h11-14,25-26H,9-10,15-16H2,1-8H3. The molecule has 2 aromatic rings. The van der Waals surface area contributed by atoms with Gasteiger partial charge in [0, 0.05) is 10.8 Å². The van der Waals surface area contributed by atoms with Crippen LogP contribution in [-0.2, 0) is 9.47 Å². The molecule has 2 aliphatic heterocycles. The summed E-state index contributed by atoms with van der Waals surface area (Å²) >= 11 is 0. The van der Waals surface area contributed by atoms with Crippen LogP contribution in [0.3, 0.4) is 0 Å². The van der Waals surface area contributed by atoms with Crippen LogP contribution >= 0.6 is 0 Å². The monoisotopic (exact) mass is 438 g/mol. The average molecular weight is 439 g/mol. The summed E-state index contributed by atoms with van der Waals surface area (Å²) in [5.74, 6) is 1.89. The van der Waals surface area contributed by atoms with Crippen molar-refractivity contribution in [3.05, 3.63) is 57.6 Å². The topological polar surface area (TPSA) is 36.9 Å². The molecule has 2 saturated heterocycles. The van der Waals surface area contributed by atoms with Crippen LogP contribution < -0.4 is 9.47 Å². The van der Waals surface area contributed by atoms with Crippen molar-refractivity contribution in [3.63, 3.8) is 0 Å². The summed E-state index contributed by atoms with van der Waals surface area (Å²) in [5, 5.41) is 0. The van der Waals surface area contributed by atoms with Gasteiger partial charge in [0.15, 0.2) is 0 Å². The SMILES string of the molecule is Cc1cc(C2OCC2(C)C)cc(C)c1OCCOc1c(C)cc(C2OCC2(C)C)cc1C. The fraction of sp³-hybridized carbons (Fsp3) is 0.571. The maximum atomic E-state index is 6.14. The molecule has 0 aromatic heterocycles. The summed E-state index contributed by atoms with van der Waals surface area (Å²) in [4.78, 5) is 0. The molecule has 0 radical (unpaired) electrons. The Kier molecular flexibility index (Phi) is 6.06. The van der Waals surface area contributed by atoms with E-state index in [4.69, 9.17) is 18.9 Å². The highest BCUT2D eigenvalue weighted by molar-refractivity contribution is 5.46. The number of aryl methyl sites for hydroxylation is 4. The van der Waals surface area contributed by atoms with Crippen LogP contribution in [0, 0.1) is 38.5 Å². The van der Waals surface area contributed by atoms with E-state index < -0.39 is 0 Å². The number of benzene rings is 2. The van der Waals surface area contributed by atoms with Crippen LogP contribution in [0.25, 0.3) is 0 Å². The van der Waals surface area contributed by atoms with Gasteiger partial charge in [0.1, 0.15) is 24.7 Å². The summed E-state index contributed by atoms with van der Waals surface area (Å²) in [6.07, 6.45) is 0.337. The maximum Gasteiger partial charge on any atom is 0.125 e. The molecule has 2 unspecified atom stereocenters. The first-order valence-corrected chi connectivity index (χ1v) is 11.7. The van der Waals surface area contributed by atoms with Crippen LogP contribution in [0.2, 0.25) is 0 Å². The number of ether oxygens (including phenoxy) is 4. The zero-order chi connectivity index (χ0) is 23.3. The van der Waals surface area contributed by atoms with Crippen molar-refractivity contribution >= 4 is 0 Å². The van der Waals surface area contributed by atoms with Gasteiger partial charge in [0.05, 0.1) is 25.4 Å². The van der Waals surface area contributed by atoms with Gasteiger partial charge in [-0.2, -0.15) is 0 Å². The predicted molar refractivity (Wildman–Crippen MR) is 128 cm³/mol. The molecule has 4 nitrogen and oxygen atoms in total.